The summed E-state index contributed by atoms with van der Waals surface area (Å²) in [5, 5.41) is 6.17. The minimum Gasteiger partial charge on any atom is -0.489 e. The maximum atomic E-state index is 13.6. The largest absolute Gasteiger partial charge is 0.489 e. The van der Waals surface area contributed by atoms with Crippen molar-refractivity contribution >= 4 is 24.0 Å². The number of hydrogen-bond donors (Lipinski definition) is 2. The number of piperidine rings is 1. The molecule has 5 nitrogen and oxygen atoms in total. The lowest BCUT2D eigenvalue weighted by atomic mass is 9.92. The predicted molar refractivity (Wildman–Crippen MR) is 96.9 cm³/mol. The third kappa shape index (κ3) is 5.56. The van der Waals surface area contributed by atoms with E-state index in [0.29, 0.717) is 24.1 Å². The molecular formula is C18H26ClFN2O3. The van der Waals surface area contributed by atoms with Crippen LogP contribution in [0.3, 0.4) is 0 Å². The van der Waals surface area contributed by atoms with Crippen molar-refractivity contribution in [2.45, 2.75) is 44.8 Å². The van der Waals surface area contributed by atoms with Gasteiger partial charge in [0, 0.05) is 24.6 Å². The molecule has 0 radical (unpaired) electrons. The zero-order valence-electron chi connectivity index (χ0n) is 14.4. The third-order valence-corrected chi connectivity index (χ3v) is 4.64. The molecule has 2 heterocycles. The molecule has 0 aliphatic carbocycles. The Hall–Kier alpha value is -1.37. The van der Waals surface area contributed by atoms with Gasteiger partial charge in [0.05, 0.1) is 11.8 Å². The normalized spacial score (nSPS) is 25.9. The first-order valence-electron chi connectivity index (χ1n) is 8.70. The summed E-state index contributed by atoms with van der Waals surface area (Å²) in [7, 11) is 0. The van der Waals surface area contributed by atoms with Crippen LogP contribution in [0.15, 0.2) is 18.2 Å². The van der Waals surface area contributed by atoms with E-state index in [0.717, 1.165) is 38.8 Å². The molecule has 7 heteroatoms. The summed E-state index contributed by atoms with van der Waals surface area (Å²) in [6, 6.07) is 4.53. The van der Waals surface area contributed by atoms with Gasteiger partial charge in [-0.25, -0.2) is 4.39 Å². The van der Waals surface area contributed by atoms with Crippen molar-refractivity contribution in [1.29, 1.82) is 0 Å². The summed E-state index contributed by atoms with van der Waals surface area (Å²) >= 11 is 0. The van der Waals surface area contributed by atoms with Gasteiger partial charge >= 0.3 is 0 Å². The van der Waals surface area contributed by atoms with Gasteiger partial charge in [0.15, 0.2) is 0 Å². The van der Waals surface area contributed by atoms with Crippen LogP contribution >= 0.6 is 12.4 Å². The monoisotopic (exact) mass is 372 g/mol. The van der Waals surface area contributed by atoms with Crippen LogP contribution in [0.4, 0.5) is 10.1 Å². The van der Waals surface area contributed by atoms with Crippen LogP contribution in [0.25, 0.3) is 0 Å². The van der Waals surface area contributed by atoms with E-state index >= 15 is 0 Å². The maximum absolute atomic E-state index is 13.6. The Balaban J connectivity index is 0.00000225. The number of ether oxygens (including phenoxy) is 2. The van der Waals surface area contributed by atoms with Gasteiger partial charge in [-0.15, -0.1) is 12.4 Å². The molecule has 2 aliphatic rings. The average molecular weight is 373 g/mol. The summed E-state index contributed by atoms with van der Waals surface area (Å²) in [6.45, 7) is 4.07. The molecule has 25 heavy (non-hydrogen) atoms. The lowest BCUT2D eigenvalue weighted by Crippen LogP contribution is -2.40. The molecule has 1 aromatic rings. The Kier molecular flexibility index (Phi) is 7.47. The molecule has 2 aliphatic heterocycles. The van der Waals surface area contributed by atoms with Crippen LogP contribution in [0.1, 0.15) is 32.6 Å². The number of amides is 1. The summed E-state index contributed by atoms with van der Waals surface area (Å²) in [6.07, 6.45) is 3.65. The molecule has 3 atom stereocenters. The Bertz CT molecular complexity index is 581. The fourth-order valence-electron chi connectivity index (χ4n) is 3.29. The van der Waals surface area contributed by atoms with Crippen LogP contribution in [0.2, 0.25) is 0 Å². The first kappa shape index (κ1) is 19.9. The quantitative estimate of drug-likeness (QED) is 0.833. The van der Waals surface area contributed by atoms with Crippen molar-refractivity contribution in [2.24, 2.45) is 5.92 Å². The number of anilines is 1. The number of halogens is 2. The van der Waals surface area contributed by atoms with Gasteiger partial charge in [-0.05, 0) is 51.3 Å². The van der Waals surface area contributed by atoms with Crippen molar-refractivity contribution in [2.75, 3.05) is 25.1 Å². The second-order valence-electron chi connectivity index (χ2n) is 6.65. The molecule has 2 saturated heterocycles. The average Bonchev–Trinajstić information content (AvgIpc) is 3.07. The summed E-state index contributed by atoms with van der Waals surface area (Å²) in [5.74, 6) is -0.0397. The van der Waals surface area contributed by atoms with Gasteiger partial charge in [0.25, 0.3) is 0 Å². The number of benzene rings is 1. The topological polar surface area (TPSA) is 59.6 Å². The second kappa shape index (κ2) is 9.36. The highest BCUT2D eigenvalue weighted by Gasteiger charge is 2.25. The highest BCUT2D eigenvalue weighted by atomic mass is 35.5. The molecule has 2 N–H and O–H groups in total. The van der Waals surface area contributed by atoms with E-state index < -0.39 is 5.82 Å². The van der Waals surface area contributed by atoms with E-state index in [9.17, 15) is 9.18 Å². The number of carbonyl (C=O) groups excluding carboxylic acids is 1. The van der Waals surface area contributed by atoms with Gasteiger partial charge in [-0.3, -0.25) is 4.79 Å². The van der Waals surface area contributed by atoms with E-state index in [-0.39, 0.29) is 30.3 Å². The Labute approximate surface area is 154 Å². The van der Waals surface area contributed by atoms with E-state index in [1.54, 1.807) is 6.07 Å². The minimum atomic E-state index is -0.395. The van der Waals surface area contributed by atoms with Gasteiger partial charge in [0.1, 0.15) is 18.2 Å². The Morgan fingerprint density at radius 3 is 3.00 bits per heavy atom. The maximum Gasteiger partial charge on any atom is 0.227 e. The summed E-state index contributed by atoms with van der Waals surface area (Å²) in [5.41, 5.74) is 0.393. The van der Waals surface area contributed by atoms with Crippen LogP contribution in [-0.2, 0) is 9.53 Å². The molecule has 2 fully saturated rings. The van der Waals surface area contributed by atoms with Gasteiger partial charge in [0.2, 0.25) is 5.91 Å². The molecule has 0 spiro atoms. The highest BCUT2D eigenvalue weighted by molar-refractivity contribution is 5.94. The lowest BCUT2D eigenvalue weighted by Gasteiger charge is -2.27. The van der Waals surface area contributed by atoms with Gasteiger partial charge in [-0.2, -0.15) is 0 Å². The van der Waals surface area contributed by atoms with E-state index in [1.165, 1.54) is 12.1 Å². The third-order valence-electron chi connectivity index (χ3n) is 4.64. The van der Waals surface area contributed by atoms with Crippen LogP contribution < -0.4 is 15.4 Å². The highest BCUT2D eigenvalue weighted by Crippen LogP contribution is 2.28. The van der Waals surface area contributed by atoms with Crippen LogP contribution in [-0.4, -0.2) is 37.8 Å². The minimum absolute atomic E-state index is 0. The van der Waals surface area contributed by atoms with Gasteiger partial charge < -0.3 is 20.1 Å². The van der Waals surface area contributed by atoms with Crippen LogP contribution in [0.5, 0.6) is 5.75 Å². The zero-order chi connectivity index (χ0) is 16.9. The molecule has 1 unspecified atom stereocenters. The van der Waals surface area contributed by atoms with Crippen molar-refractivity contribution in [3.05, 3.63) is 24.0 Å². The molecule has 0 saturated carbocycles. The molecule has 0 aromatic heterocycles. The summed E-state index contributed by atoms with van der Waals surface area (Å²) in [4.78, 5) is 12.5. The first-order valence-corrected chi connectivity index (χ1v) is 8.70. The SMILES string of the molecule is C[C@H]1C[C@@H](C(=O)Nc2cc(F)ccc2OCC2CCCO2)CCN1.Cl. The fraction of sp³-hybridized carbons (Fsp3) is 0.611. The fourth-order valence-corrected chi connectivity index (χ4v) is 3.29. The van der Waals surface area contributed by atoms with E-state index in [4.69, 9.17) is 9.47 Å². The van der Waals surface area contributed by atoms with Crippen molar-refractivity contribution in [3.8, 4) is 5.75 Å². The number of hydrogen-bond acceptors (Lipinski definition) is 4. The first-order chi connectivity index (χ1) is 11.6. The van der Waals surface area contributed by atoms with E-state index in [1.807, 2.05) is 0 Å². The molecule has 140 valence electrons. The second-order valence-corrected chi connectivity index (χ2v) is 6.65. The van der Waals surface area contributed by atoms with Crippen molar-refractivity contribution in [3.63, 3.8) is 0 Å². The Morgan fingerprint density at radius 2 is 2.28 bits per heavy atom. The predicted octanol–water partition coefficient (Wildman–Crippen LogP) is 3.13. The number of nitrogens with one attached hydrogen (secondary N) is 2. The standard InChI is InChI=1S/C18H25FN2O3.ClH/c1-12-9-13(6-7-20-12)18(22)21-16-10-14(19)4-5-17(16)24-11-15-3-2-8-23-15;/h4-5,10,12-13,15,20H,2-3,6-9,11H2,1H3,(H,21,22);1H/t12-,13-,15?;/m0./s1. The van der Waals surface area contributed by atoms with Crippen molar-refractivity contribution in [1.82, 2.24) is 5.32 Å². The molecule has 1 aromatic carbocycles. The van der Waals surface area contributed by atoms with Gasteiger partial charge in [-0.1, -0.05) is 0 Å². The summed E-state index contributed by atoms with van der Waals surface area (Å²) < 4.78 is 24.9. The van der Waals surface area contributed by atoms with Crippen molar-refractivity contribution < 1.29 is 18.7 Å². The molecular weight excluding hydrogens is 347 g/mol. The smallest absolute Gasteiger partial charge is 0.227 e. The number of carbonyl (C=O) groups is 1. The van der Waals surface area contributed by atoms with E-state index in [2.05, 4.69) is 17.6 Å². The van der Waals surface area contributed by atoms with Crippen LogP contribution in [0, 0.1) is 11.7 Å². The Morgan fingerprint density at radius 1 is 1.44 bits per heavy atom. The molecule has 1 amide bonds. The molecule has 3 rings (SSSR count). The zero-order valence-corrected chi connectivity index (χ0v) is 15.2. The number of rotatable bonds is 5. The molecule has 0 bridgehead atoms. The lowest BCUT2D eigenvalue weighted by molar-refractivity contribution is -0.120.